The minimum absolute atomic E-state index is 0.00612. The van der Waals surface area contributed by atoms with Gasteiger partial charge >= 0.3 is 6.01 Å². The molecule has 0 bridgehead atoms. The van der Waals surface area contributed by atoms with E-state index in [2.05, 4.69) is 15.3 Å². The minimum Gasteiger partial charge on any atom is -0.424 e. The number of anilines is 1. The van der Waals surface area contributed by atoms with Crippen molar-refractivity contribution in [3.8, 4) is 11.8 Å². The van der Waals surface area contributed by atoms with E-state index in [-0.39, 0.29) is 11.6 Å². The average Bonchev–Trinajstić information content (AvgIpc) is 2.58. The van der Waals surface area contributed by atoms with E-state index < -0.39 is 17.5 Å². The predicted molar refractivity (Wildman–Crippen MR) is 82.9 cm³/mol. The van der Waals surface area contributed by atoms with Crippen LogP contribution in [0.25, 0.3) is 0 Å². The molecule has 2 aromatic carbocycles. The maximum absolute atomic E-state index is 13.2. The SMILES string of the molecule is O=C(Nc1cccc(Oc2ncccn2)c1)c1ccc(F)c(F)c1. The second-order valence-corrected chi connectivity index (χ2v) is 4.74. The van der Waals surface area contributed by atoms with Crippen LogP contribution in [0.4, 0.5) is 14.5 Å². The highest BCUT2D eigenvalue weighted by atomic mass is 19.2. The lowest BCUT2D eigenvalue weighted by atomic mass is 10.2. The lowest BCUT2D eigenvalue weighted by Gasteiger charge is -2.08. The van der Waals surface area contributed by atoms with Crippen molar-refractivity contribution >= 4 is 11.6 Å². The Hall–Kier alpha value is -3.35. The first-order valence-electron chi connectivity index (χ1n) is 6.93. The Bertz CT molecular complexity index is 873. The maximum Gasteiger partial charge on any atom is 0.321 e. The molecule has 120 valence electrons. The predicted octanol–water partition coefficient (Wildman–Crippen LogP) is 3.80. The van der Waals surface area contributed by atoms with Gasteiger partial charge in [-0.15, -0.1) is 0 Å². The Morgan fingerprint density at radius 2 is 1.75 bits per heavy atom. The van der Waals surface area contributed by atoms with Gasteiger partial charge in [0.05, 0.1) is 0 Å². The molecule has 0 aliphatic carbocycles. The van der Waals surface area contributed by atoms with Crippen molar-refractivity contribution in [1.82, 2.24) is 9.97 Å². The molecule has 1 aromatic heterocycles. The van der Waals surface area contributed by atoms with Crippen molar-refractivity contribution in [1.29, 1.82) is 0 Å². The van der Waals surface area contributed by atoms with Crippen LogP contribution in [0.15, 0.2) is 60.9 Å². The van der Waals surface area contributed by atoms with Gasteiger partial charge in [0, 0.05) is 29.7 Å². The Kier molecular flexibility index (Phi) is 4.42. The monoisotopic (exact) mass is 327 g/mol. The van der Waals surface area contributed by atoms with Gasteiger partial charge in [0.1, 0.15) is 5.75 Å². The van der Waals surface area contributed by atoms with Gasteiger partial charge in [-0.3, -0.25) is 4.79 Å². The molecule has 0 aliphatic heterocycles. The van der Waals surface area contributed by atoms with E-state index in [9.17, 15) is 13.6 Å². The number of aromatic nitrogens is 2. The third kappa shape index (κ3) is 3.70. The van der Waals surface area contributed by atoms with Crippen molar-refractivity contribution in [2.45, 2.75) is 0 Å². The Balaban J connectivity index is 1.74. The van der Waals surface area contributed by atoms with Crippen molar-refractivity contribution in [2.75, 3.05) is 5.32 Å². The van der Waals surface area contributed by atoms with Crippen LogP contribution in [-0.2, 0) is 0 Å². The third-order valence-electron chi connectivity index (χ3n) is 3.02. The van der Waals surface area contributed by atoms with E-state index in [1.165, 1.54) is 18.5 Å². The van der Waals surface area contributed by atoms with Gasteiger partial charge in [0.15, 0.2) is 11.6 Å². The fourth-order valence-electron chi connectivity index (χ4n) is 1.92. The molecule has 1 heterocycles. The summed E-state index contributed by atoms with van der Waals surface area (Å²) in [6.45, 7) is 0. The molecule has 1 N–H and O–H groups in total. The fourth-order valence-corrected chi connectivity index (χ4v) is 1.92. The number of carbonyl (C=O) groups excluding carboxylic acids is 1. The lowest BCUT2D eigenvalue weighted by Crippen LogP contribution is -2.12. The van der Waals surface area contributed by atoms with E-state index in [1.807, 2.05) is 0 Å². The molecular weight excluding hydrogens is 316 g/mol. The Labute approximate surface area is 136 Å². The van der Waals surface area contributed by atoms with Crippen LogP contribution in [0, 0.1) is 11.6 Å². The smallest absolute Gasteiger partial charge is 0.321 e. The van der Waals surface area contributed by atoms with Crippen LogP contribution < -0.4 is 10.1 Å². The zero-order valence-corrected chi connectivity index (χ0v) is 12.2. The molecule has 0 atom stereocenters. The van der Waals surface area contributed by atoms with E-state index in [4.69, 9.17) is 4.74 Å². The van der Waals surface area contributed by atoms with Gasteiger partial charge in [0.25, 0.3) is 5.91 Å². The van der Waals surface area contributed by atoms with Crippen LogP contribution in [0.5, 0.6) is 11.8 Å². The molecule has 0 saturated carbocycles. The molecule has 24 heavy (non-hydrogen) atoms. The number of carbonyl (C=O) groups is 1. The summed E-state index contributed by atoms with van der Waals surface area (Å²) in [4.78, 5) is 19.9. The summed E-state index contributed by atoms with van der Waals surface area (Å²) in [6, 6.07) is 11.3. The molecule has 3 rings (SSSR count). The molecule has 0 aliphatic rings. The van der Waals surface area contributed by atoms with Crippen molar-refractivity contribution in [3.63, 3.8) is 0 Å². The van der Waals surface area contributed by atoms with Crippen molar-refractivity contribution < 1.29 is 18.3 Å². The Morgan fingerprint density at radius 3 is 2.50 bits per heavy atom. The number of rotatable bonds is 4. The maximum atomic E-state index is 13.2. The molecule has 7 heteroatoms. The molecule has 0 spiro atoms. The first kappa shape index (κ1) is 15.5. The van der Waals surface area contributed by atoms with E-state index >= 15 is 0 Å². The van der Waals surface area contributed by atoms with Gasteiger partial charge in [-0.05, 0) is 36.4 Å². The second kappa shape index (κ2) is 6.82. The zero-order chi connectivity index (χ0) is 16.9. The summed E-state index contributed by atoms with van der Waals surface area (Å²) >= 11 is 0. The third-order valence-corrected chi connectivity index (χ3v) is 3.02. The zero-order valence-electron chi connectivity index (χ0n) is 12.2. The summed E-state index contributed by atoms with van der Waals surface area (Å²) in [5.41, 5.74) is 0.435. The number of ether oxygens (including phenoxy) is 1. The van der Waals surface area contributed by atoms with Gasteiger partial charge in [0.2, 0.25) is 0 Å². The fraction of sp³-hybridized carbons (Fsp3) is 0. The summed E-state index contributed by atoms with van der Waals surface area (Å²) in [5.74, 6) is -2.24. The van der Waals surface area contributed by atoms with Gasteiger partial charge in [-0.2, -0.15) is 0 Å². The number of benzene rings is 2. The number of nitrogens with one attached hydrogen (secondary N) is 1. The van der Waals surface area contributed by atoms with E-state index in [0.717, 1.165) is 12.1 Å². The summed E-state index contributed by atoms with van der Waals surface area (Å²) < 4.78 is 31.6. The minimum atomic E-state index is -1.08. The standard InChI is InChI=1S/C17H11F2N3O2/c18-14-6-5-11(9-15(14)19)16(23)22-12-3-1-4-13(10-12)24-17-20-7-2-8-21-17/h1-10H,(H,22,23). The number of hydrogen-bond acceptors (Lipinski definition) is 4. The van der Waals surface area contributed by atoms with Crippen LogP contribution in [0.1, 0.15) is 10.4 Å². The largest absolute Gasteiger partial charge is 0.424 e. The summed E-state index contributed by atoms with van der Waals surface area (Å²) in [5, 5.41) is 2.58. The average molecular weight is 327 g/mol. The van der Waals surface area contributed by atoms with Gasteiger partial charge in [-0.25, -0.2) is 18.7 Å². The molecule has 0 unspecified atom stereocenters. The Morgan fingerprint density at radius 1 is 0.958 bits per heavy atom. The van der Waals surface area contributed by atoms with Gasteiger partial charge < -0.3 is 10.1 Å². The molecular formula is C17H11F2N3O2. The molecule has 5 nitrogen and oxygen atoms in total. The van der Waals surface area contributed by atoms with Crippen LogP contribution in [0.3, 0.4) is 0 Å². The molecule has 0 fully saturated rings. The molecule has 3 aromatic rings. The van der Waals surface area contributed by atoms with Crippen molar-refractivity contribution in [2.24, 2.45) is 0 Å². The van der Waals surface area contributed by atoms with Crippen LogP contribution >= 0.6 is 0 Å². The molecule has 1 amide bonds. The van der Waals surface area contributed by atoms with Crippen LogP contribution in [0.2, 0.25) is 0 Å². The van der Waals surface area contributed by atoms with Crippen LogP contribution in [-0.4, -0.2) is 15.9 Å². The molecule has 0 saturated heterocycles. The first-order valence-corrected chi connectivity index (χ1v) is 6.93. The number of hydrogen-bond donors (Lipinski definition) is 1. The van der Waals surface area contributed by atoms with Crippen molar-refractivity contribution in [3.05, 3.63) is 78.1 Å². The number of amides is 1. The van der Waals surface area contributed by atoms with E-state index in [1.54, 1.807) is 30.3 Å². The quantitative estimate of drug-likeness (QED) is 0.791. The lowest BCUT2D eigenvalue weighted by molar-refractivity contribution is 0.102. The molecule has 0 radical (unpaired) electrons. The highest BCUT2D eigenvalue weighted by Gasteiger charge is 2.10. The van der Waals surface area contributed by atoms with Gasteiger partial charge in [-0.1, -0.05) is 6.07 Å². The number of halogens is 2. The summed E-state index contributed by atoms with van der Waals surface area (Å²) in [7, 11) is 0. The highest BCUT2D eigenvalue weighted by molar-refractivity contribution is 6.04. The summed E-state index contributed by atoms with van der Waals surface area (Å²) in [6.07, 6.45) is 3.08. The first-order chi connectivity index (χ1) is 11.6. The topological polar surface area (TPSA) is 64.1 Å². The normalized spacial score (nSPS) is 10.2. The highest BCUT2D eigenvalue weighted by Crippen LogP contribution is 2.22. The second-order valence-electron chi connectivity index (χ2n) is 4.74. The number of nitrogens with zero attached hydrogens (tertiary/aromatic N) is 2. The van der Waals surface area contributed by atoms with E-state index in [0.29, 0.717) is 11.4 Å².